The molecule has 110 valence electrons. The largest absolute Gasteiger partial charge is 0.481 e. The summed E-state index contributed by atoms with van der Waals surface area (Å²) in [6, 6.07) is 9.09. The number of hydrogen-bond donors (Lipinski definition) is 2. The SMILES string of the molecule is CCC(C)C(=O)NCC(CC)(C(=O)O)c1ccccc1. The molecule has 4 heteroatoms. The van der Waals surface area contributed by atoms with E-state index in [0.29, 0.717) is 6.42 Å². The van der Waals surface area contributed by atoms with Gasteiger partial charge in [-0.3, -0.25) is 9.59 Å². The predicted octanol–water partition coefficient (Wildman–Crippen LogP) is 2.58. The maximum Gasteiger partial charge on any atom is 0.315 e. The van der Waals surface area contributed by atoms with Gasteiger partial charge in [0.1, 0.15) is 5.41 Å². The van der Waals surface area contributed by atoms with Crippen LogP contribution in [0, 0.1) is 5.92 Å². The van der Waals surface area contributed by atoms with E-state index in [9.17, 15) is 14.7 Å². The summed E-state index contributed by atoms with van der Waals surface area (Å²) in [7, 11) is 0. The number of nitrogens with one attached hydrogen (secondary N) is 1. The first-order valence-electron chi connectivity index (χ1n) is 7.04. The van der Waals surface area contributed by atoms with Crippen LogP contribution in [0.2, 0.25) is 0 Å². The molecule has 1 aromatic carbocycles. The molecule has 4 nitrogen and oxygen atoms in total. The molecule has 2 unspecified atom stereocenters. The van der Waals surface area contributed by atoms with Crippen LogP contribution in [0.25, 0.3) is 0 Å². The van der Waals surface area contributed by atoms with E-state index < -0.39 is 11.4 Å². The van der Waals surface area contributed by atoms with Crippen LogP contribution in [0.3, 0.4) is 0 Å². The van der Waals surface area contributed by atoms with Crippen molar-refractivity contribution in [2.75, 3.05) is 6.54 Å². The van der Waals surface area contributed by atoms with E-state index in [1.54, 1.807) is 12.1 Å². The molecular formula is C16H23NO3. The van der Waals surface area contributed by atoms with Gasteiger partial charge in [-0.15, -0.1) is 0 Å². The van der Waals surface area contributed by atoms with E-state index in [1.807, 2.05) is 39.0 Å². The van der Waals surface area contributed by atoms with Crippen LogP contribution in [0.15, 0.2) is 30.3 Å². The summed E-state index contributed by atoms with van der Waals surface area (Å²) in [5.74, 6) is -1.10. The van der Waals surface area contributed by atoms with E-state index in [-0.39, 0.29) is 18.4 Å². The Kier molecular flexibility index (Phi) is 5.74. The first-order chi connectivity index (χ1) is 9.47. The lowest BCUT2D eigenvalue weighted by molar-refractivity contribution is -0.144. The van der Waals surface area contributed by atoms with E-state index in [1.165, 1.54) is 0 Å². The van der Waals surface area contributed by atoms with Gasteiger partial charge < -0.3 is 10.4 Å². The number of carboxylic acids is 1. The van der Waals surface area contributed by atoms with E-state index in [2.05, 4.69) is 5.32 Å². The van der Waals surface area contributed by atoms with Crippen molar-refractivity contribution in [3.63, 3.8) is 0 Å². The summed E-state index contributed by atoms with van der Waals surface area (Å²) in [5, 5.41) is 12.4. The van der Waals surface area contributed by atoms with Gasteiger partial charge in [0.2, 0.25) is 5.91 Å². The Morgan fingerprint density at radius 2 is 1.85 bits per heavy atom. The third kappa shape index (κ3) is 3.38. The van der Waals surface area contributed by atoms with Crippen molar-refractivity contribution in [3.05, 3.63) is 35.9 Å². The number of carboxylic acid groups (broad SMARTS) is 1. The summed E-state index contributed by atoms with van der Waals surface area (Å²) in [6.07, 6.45) is 1.16. The Morgan fingerprint density at radius 1 is 1.25 bits per heavy atom. The van der Waals surface area contributed by atoms with Crippen LogP contribution in [-0.4, -0.2) is 23.5 Å². The molecule has 1 amide bonds. The zero-order valence-electron chi connectivity index (χ0n) is 12.3. The average Bonchev–Trinajstić information content (AvgIpc) is 2.48. The number of benzene rings is 1. The quantitative estimate of drug-likeness (QED) is 0.805. The number of carbonyl (C=O) groups is 2. The van der Waals surface area contributed by atoms with Crippen LogP contribution in [-0.2, 0) is 15.0 Å². The zero-order chi connectivity index (χ0) is 15.2. The van der Waals surface area contributed by atoms with E-state index in [0.717, 1.165) is 12.0 Å². The van der Waals surface area contributed by atoms with Gasteiger partial charge in [-0.1, -0.05) is 51.1 Å². The van der Waals surface area contributed by atoms with Crippen LogP contribution in [0.1, 0.15) is 39.2 Å². The minimum Gasteiger partial charge on any atom is -0.481 e. The minimum atomic E-state index is -1.07. The summed E-state index contributed by atoms with van der Waals surface area (Å²) in [4.78, 5) is 23.6. The van der Waals surface area contributed by atoms with Gasteiger partial charge in [0, 0.05) is 12.5 Å². The molecule has 0 aliphatic rings. The number of hydrogen-bond acceptors (Lipinski definition) is 2. The normalized spacial score (nSPS) is 15.2. The fourth-order valence-electron chi connectivity index (χ4n) is 2.14. The Hall–Kier alpha value is -1.84. The highest BCUT2D eigenvalue weighted by Gasteiger charge is 2.39. The van der Waals surface area contributed by atoms with Crippen molar-refractivity contribution in [1.29, 1.82) is 0 Å². The molecule has 0 aromatic heterocycles. The standard InChI is InChI=1S/C16H23NO3/c1-4-12(3)14(18)17-11-16(5-2,15(19)20)13-9-7-6-8-10-13/h6-10,12H,4-5,11H2,1-3H3,(H,17,18)(H,19,20). The molecule has 0 radical (unpaired) electrons. The Balaban J connectivity index is 2.97. The topological polar surface area (TPSA) is 66.4 Å². The van der Waals surface area contributed by atoms with Crippen molar-refractivity contribution >= 4 is 11.9 Å². The van der Waals surface area contributed by atoms with Gasteiger partial charge in [0.15, 0.2) is 0 Å². The van der Waals surface area contributed by atoms with Crippen LogP contribution < -0.4 is 5.32 Å². The third-order valence-electron chi connectivity index (χ3n) is 3.96. The van der Waals surface area contributed by atoms with Crippen molar-refractivity contribution in [2.45, 2.75) is 39.0 Å². The lowest BCUT2D eigenvalue weighted by atomic mass is 9.78. The lowest BCUT2D eigenvalue weighted by Crippen LogP contribution is -2.47. The molecule has 2 atom stereocenters. The number of rotatable bonds is 7. The Bertz CT molecular complexity index is 458. The van der Waals surface area contributed by atoms with Crippen LogP contribution in [0.4, 0.5) is 0 Å². The molecule has 0 aliphatic heterocycles. The second kappa shape index (κ2) is 7.08. The van der Waals surface area contributed by atoms with Crippen molar-refractivity contribution in [3.8, 4) is 0 Å². The van der Waals surface area contributed by atoms with E-state index >= 15 is 0 Å². The molecule has 0 heterocycles. The molecular weight excluding hydrogens is 254 g/mol. The second-order valence-electron chi connectivity index (χ2n) is 5.13. The van der Waals surface area contributed by atoms with Gasteiger partial charge in [-0.2, -0.15) is 0 Å². The summed E-state index contributed by atoms with van der Waals surface area (Å²) in [5.41, 5.74) is -0.343. The fraction of sp³-hybridized carbons (Fsp3) is 0.500. The summed E-state index contributed by atoms with van der Waals surface area (Å²) < 4.78 is 0. The highest BCUT2D eigenvalue weighted by Crippen LogP contribution is 2.28. The number of aliphatic carboxylic acids is 1. The second-order valence-corrected chi connectivity index (χ2v) is 5.13. The molecule has 0 saturated heterocycles. The molecule has 0 saturated carbocycles. The number of carbonyl (C=O) groups excluding carboxylic acids is 1. The molecule has 0 fully saturated rings. The summed E-state index contributed by atoms with van der Waals surface area (Å²) >= 11 is 0. The van der Waals surface area contributed by atoms with Crippen molar-refractivity contribution < 1.29 is 14.7 Å². The highest BCUT2D eigenvalue weighted by molar-refractivity contribution is 5.84. The maximum absolute atomic E-state index is 11.9. The molecule has 0 bridgehead atoms. The molecule has 0 spiro atoms. The molecule has 20 heavy (non-hydrogen) atoms. The molecule has 0 aliphatic carbocycles. The predicted molar refractivity (Wildman–Crippen MR) is 78.5 cm³/mol. The van der Waals surface area contributed by atoms with Crippen LogP contribution in [0.5, 0.6) is 0 Å². The third-order valence-corrected chi connectivity index (χ3v) is 3.96. The zero-order valence-corrected chi connectivity index (χ0v) is 12.3. The molecule has 1 rings (SSSR count). The first-order valence-corrected chi connectivity index (χ1v) is 7.04. The minimum absolute atomic E-state index is 0.0949. The lowest BCUT2D eigenvalue weighted by Gasteiger charge is -2.29. The first kappa shape index (κ1) is 16.2. The highest BCUT2D eigenvalue weighted by atomic mass is 16.4. The molecule has 1 aromatic rings. The van der Waals surface area contributed by atoms with Gasteiger partial charge >= 0.3 is 5.97 Å². The van der Waals surface area contributed by atoms with Gasteiger partial charge in [0.25, 0.3) is 0 Å². The van der Waals surface area contributed by atoms with Gasteiger partial charge in [0.05, 0.1) is 0 Å². The van der Waals surface area contributed by atoms with Crippen LogP contribution >= 0.6 is 0 Å². The number of amides is 1. The monoisotopic (exact) mass is 277 g/mol. The van der Waals surface area contributed by atoms with Gasteiger partial charge in [-0.05, 0) is 18.4 Å². The van der Waals surface area contributed by atoms with E-state index in [4.69, 9.17) is 0 Å². The smallest absolute Gasteiger partial charge is 0.315 e. The molecule has 2 N–H and O–H groups in total. The Morgan fingerprint density at radius 3 is 2.30 bits per heavy atom. The van der Waals surface area contributed by atoms with Gasteiger partial charge in [-0.25, -0.2) is 0 Å². The van der Waals surface area contributed by atoms with Crippen molar-refractivity contribution in [2.24, 2.45) is 5.92 Å². The Labute approximate surface area is 120 Å². The summed E-state index contributed by atoms with van der Waals surface area (Å²) in [6.45, 7) is 5.72. The average molecular weight is 277 g/mol. The fourth-order valence-corrected chi connectivity index (χ4v) is 2.14. The van der Waals surface area contributed by atoms with Crippen molar-refractivity contribution in [1.82, 2.24) is 5.32 Å². The maximum atomic E-state index is 11.9.